The minimum atomic E-state index is -0.392. The fraction of sp³-hybridized carbons (Fsp3) is 0.611. The lowest BCUT2D eigenvalue weighted by molar-refractivity contribution is 0.0708. The van der Waals surface area contributed by atoms with Gasteiger partial charge in [0.25, 0.3) is 11.5 Å². The molecule has 0 radical (unpaired) electrons. The van der Waals surface area contributed by atoms with E-state index >= 15 is 0 Å². The molecule has 1 amide bonds. The monoisotopic (exact) mass is 371 g/mol. The lowest BCUT2D eigenvalue weighted by Gasteiger charge is -2.31. The third-order valence-electron chi connectivity index (χ3n) is 5.66. The number of aromatic amines is 1. The van der Waals surface area contributed by atoms with Crippen LogP contribution in [0.4, 0.5) is 0 Å². The van der Waals surface area contributed by atoms with Crippen LogP contribution in [0.3, 0.4) is 0 Å². The molecule has 9 nitrogen and oxygen atoms in total. The maximum Gasteiger partial charge on any atom is 0.263 e. The number of carbonyl (C=O) groups excluding carboxylic acids is 1. The van der Waals surface area contributed by atoms with Crippen molar-refractivity contribution in [2.75, 3.05) is 26.2 Å². The smallest absolute Gasteiger partial charge is 0.263 e. The van der Waals surface area contributed by atoms with E-state index < -0.39 is 5.56 Å². The maximum absolute atomic E-state index is 12.6. The second kappa shape index (κ2) is 7.59. The highest BCUT2D eigenvalue weighted by Gasteiger charge is 2.29. The molecule has 0 bridgehead atoms. The number of piperidine rings is 1. The first kappa shape index (κ1) is 17.8. The zero-order valence-corrected chi connectivity index (χ0v) is 15.6. The highest BCUT2D eigenvalue weighted by molar-refractivity contribution is 5.93. The van der Waals surface area contributed by atoms with E-state index in [0.29, 0.717) is 13.1 Å². The van der Waals surface area contributed by atoms with Crippen molar-refractivity contribution in [2.24, 2.45) is 7.05 Å². The molecule has 2 aromatic rings. The lowest BCUT2D eigenvalue weighted by Crippen LogP contribution is -2.40. The summed E-state index contributed by atoms with van der Waals surface area (Å²) < 4.78 is 2.12. The topological polar surface area (TPSA) is 100 Å². The molecule has 9 heteroatoms. The van der Waals surface area contributed by atoms with E-state index in [-0.39, 0.29) is 17.4 Å². The van der Waals surface area contributed by atoms with Crippen LogP contribution in [0.25, 0.3) is 0 Å². The van der Waals surface area contributed by atoms with Gasteiger partial charge in [-0.1, -0.05) is 0 Å². The summed E-state index contributed by atoms with van der Waals surface area (Å²) in [5.41, 5.74) is -0.292. The Morgan fingerprint density at radius 3 is 2.63 bits per heavy atom. The van der Waals surface area contributed by atoms with Gasteiger partial charge < -0.3 is 14.5 Å². The Kier molecular flexibility index (Phi) is 5.02. The Bertz CT molecular complexity index is 861. The van der Waals surface area contributed by atoms with Gasteiger partial charge in [-0.05, 0) is 38.8 Å². The zero-order valence-electron chi connectivity index (χ0n) is 15.6. The van der Waals surface area contributed by atoms with Crippen molar-refractivity contribution in [1.29, 1.82) is 0 Å². The number of carbonyl (C=O) groups is 1. The molecule has 0 spiro atoms. The Labute approximate surface area is 157 Å². The largest absolute Gasteiger partial charge is 0.338 e. The van der Waals surface area contributed by atoms with Crippen molar-refractivity contribution in [3.05, 3.63) is 40.1 Å². The van der Waals surface area contributed by atoms with E-state index in [2.05, 4.69) is 29.6 Å². The number of hydrogen-bond donors (Lipinski definition) is 1. The molecule has 2 fully saturated rings. The number of hydrogen-bond acceptors (Lipinski definition) is 6. The van der Waals surface area contributed by atoms with Crippen LogP contribution < -0.4 is 5.56 Å². The number of nitrogens with one attached hydrogen (secondary N) is 1. The number of aromatic nitrogens is 5. The molecule has 2 aliphatic heterocycles. The molecule has 2 saturated heterocycles. The summed E-state index contributed by atoms with van der Waals surface area (Å²) in [5.74, 6) is 2.03. The van der Waals surface area contributed by atoms with Crippen molar-refractivity contribution < 1.29 is 4.79 Å². The molecule has 4 rings (SSSR count). The molecule has 144 valence electrons. The van der Waals surface area contributed by atoms with Crippen molar-refractivity contribution >= 4 is 5.91 Å². The number of rotatable bonds is 4. The van der Waals surface area contributed by atoms with Crippen LogP contribution in [-0.2, 0) is 13.6 Å². The minimum Gasteiger partial charge on any atom is -0.338 e. The number of H-pyrrole nitrogens is 1. The molecule has 0 aromatic carbocycles. The van der Waals surface area contributed by atoms with Crippen molar-refractivity contribution in [3.8, 4) is 0 Å². The van der Waals surface area contributed by atoms with Crippen LogP contribution in [0.5, 0.6) is 0 Å². The normalized spacial score (nSPS) is 18.9. The predicted molar refractivity (Wildman–Crippen MR) is 98.3 cm³/mol. The molecule has 4 heterocycles. The summed E-state index contributed by atoms with van der Waals surface area (Å²) in [5, 5.41) is 8.85. The quantitative estimate of drug-likeness (QED) is 0.841. The molecular weight excluding hydrogens is 346 g/mol. The Morgan fingerprint density at radius 1 is 1.19 bits per heavy atom. The van der Waals surface area contributed by atoms with Gasteiger partial charge in [0.15, 0.2) is 0 Å². The van der Waals surface area contributed by atoms with E-state index in [0.717, 1.165) is 44.1 Å². The zero-order chi connectivity index (χ0) is 18.8. The van der Waals surface area contributed by atoms with Crippen molar-refractivity contribution in [1.82, 2.24) is 34.5 Å². The molecule has 2 aliphatic rings. The van der Waals surface area contributed by atoms with E-state index in [4.69, 9.17) is 0 Å². The molecule has 2 aromatic heterocycles. The Hall–Kier alpha value is -2.55. The van der Waals surface area contributed by atoms with Crippen LogP contribution in [-0.4, -0.2) is 66.6 Å². The molecular formula is C18H25N7O2. The molecule has 0 aliphatic carbocycles. The SMILES string of the molecule is Cn1c(CN2CCCC2)nnc1C1CCN(C(=O)c2cnc[nH]c2=O)CC1. The summed E-state index contributed by atoms with van der Waals surface area (Å²) in [6.45, 7) is 4.33. The average Bonchev–Trinajstić information content (AvgIpc) is 3.33. The standard InChI is InChI=1S/C18H25N7O2/c1-23-15(11-24-6-2-3-7-24)21-22-16(23)13-4-8-25(9-5-13)18(27)14-10-19-12-20-17(14)26/h10,12-13H,2-9,11H2,1H3,(H,19,20,26). The van der Waals surface area contributed by atoms with E-state index in [1.807, 2.05) is 7.05 Å². The average molecular weight is 371 g/mol. The summed E-state index contributed by atoms with van der Waals surface area (Å²) in [6, 6.07) is 0. The first-order valence-corrected chi connectivity index (χ1v) is 9.56. The van der Waals surface area contributed by atoms with E-state index in [1.165, 1.54) is 25.4 Å². The van der Waals surface area contributed by atoms with Gasteiger partial charge in [0.1, 0.15) is 17.2 Å². The first-order chi connectivity index (χ1) is 13.1. The van der Waals surface area contributed by atoms with Gasteiger partial charge in [-0.15, -0.1) is 10.2 Å². The highest BCUT2D eigenvalue weighted by Crippen LogP contribution is 2.27. The second-order valence-corrected chi connectivity index (χ2v) is 7.38. The fourth-order valence-electron chi connectivity index (χ4n) is 4.02. The first-order valence-electron chi connectivity index (χ1n) is 9.56. The lowest BCUT2D eigenvalue weighted by atomic mass is 9.95. The third-order valence-corrected chi connectivity index (χ3v) is 5.66. The summed E-state index contributed by atoms with van der Waals surface area (Å²) in [6.07, 6.45) is 6.78. The minimum absolute atomic E-state index is 0.0995. The van der Waals surface area contributed by atoms with Crippen LogP contribution in [0.2, 0.25) is 0 Å². The van der Waals surface area contributed by atoms with Gasteiger partial charge in [0.05, 0.1) is 12.9 Å². The molecule has 0 saturated carbocycles. The van der Waals surface area contributed by atoms with Crippen LogP contribution in [0.1, 0.15) is 53.6 Å². The van der Waals surface area contributed by atoms with Gasteiger partial charge in [-0.3, -0.25) is 14.5 Å². The second-order valence-electron chi connectivity index (χ2n) is 7.38. The van der Waals surface area contributed by atoms with Gasteiger partial charge in [0.2, 0.25) is 0 Å². The number of amides is 1. The molecule has 0 unspecified atom stereocenters. The Morgan fingerprint density at radius 2 is 1.93 bits per heavy atom. The molecule has 0 atom stereocenters. The summed E-state index contributed by atoms with van der Waals surface area (Å²) in [4.78, 5) is 34.8. The van der Waals surface area contributed by atoms with Gasteiger partial charge in [-0.25, -0.2) is 4.98 Å². The summed E-state index contributed by atoms with van der Waals surface area (Å²) >= 11 is 0. The Balaban J connectivity index is 1.39. The maximum atomic E-state index is 12.6. The van der Waals surface area contributed by atoms with Crippen LogP contribution in [0, 0.1) is 0 Å². The van der Waals surface area contributed by atoms with Crippen LogP contribution >= 0.6 is 0 Å². The van der Waals surface area contributed by atoms with E-state index in [9.17, 15) is 9.59 Å². The van der Waals surface area contributed by atoms with E-state index in [1.54, 1.807) is 4.90 Å². The molecule has 27 heavy (non-hydrogen) atoms. The molecule has 1 N–H and O–H groups in total. The van der Waals surface area contributed by atoms with Gasteiger partial charge in [0, 0.05) is 32.3 Å². The fourth-order valence-corrected chi connectivity index (χ4v) is 4.02. The summed E-state index contributed by atoms with van der Waals surface area (Å²) in [7, 11) is 2.04. The third kappa shape index (κ3) is 3.64. The predicted octanol–water partition coefficient (Wildman–Crippen LogP) is 0.514. The number of likely N-dealkylation sites (tertiary alicyclic amines) is 2. The van der Waals surface area contributed by atoms with Crippen LogP contribution in [0.15, 0.2) is 17.3 Å². The van der Waals surface area contributed by atoms with Gasteiger partial charge >= 0.3 is 0 Å². The van der Waals surface area contributed by atoms with Crippen molar-refractivity contribution in [2.45, 2.75) is 38.1 Å². The van der Waals surface area contributed by atoms with Crippen molar-refractivity contribution in [3.63, 3.8) is 0 Å². The highest BCUT2D eigenvalue weighted by atomic mass is 16.2. The number of nitrogens with zero attached hydrogens (tertiary/aromatic N) is 6. The van der Waals surface area contributed by atoms with Gasteiger partial charge in [-0.2, -0.15) is 0 Å².